The van der Waals surface area contributed by atoms with E-state index in [4.69, 9.17) is 0 Å². The first-order valence-corrected chi connectivity index (χ1v) is 11.0. The molecule has 2 amide bonds. The molecule has 0 saturated carbocycles. The number of rotatable bonds is 3. The molecule has 1 aliphatic carbocycles. The Morgan fingerprint density at radius 1 is 1.04 bits per heavy atom. The minimum absolute atomic E-state index is 0.0782. The quantitative estimate of drug-likeness (QED) is 0.805. The van der Waals surface area contributed by atoms with Gasteiger partial charge in [-0.3, -0.25) is 0 Å². The molecule has 1 aliphatic heterocycles. The minimum atomic E-state index is 0.0782. The number of hydrogen-bond donors (Lipinski definition) is 1. The number of carbonyl (C=O) groups excluding carboxylic acids is 1. The molecular formula is C22H27N3OS. The van der Waals surface area contributed by atoms with Gasteiger partial charge in [-0.25, -0.2) is 4.79 Å². The van der Waals surface area contributed by atoms with Gasteiger partial charge in [-0.1, -0.05) is 36.4 Å². The number of piperazine rings is 1. The van der Waals surface area contributed by atoms with Crippen LogP contribution in [0.2, 0.25) is 0 Å². The first-order valence-electron chi connectivity index (χ1n) is 9.77. The number of benzene rings is 2. The van der Waals surface area contributed by atoms with Crippen molar-refractivity contribution in [1.82, 2.24) is 10.2 Å². The predicted molar refractivity (Wildman–Crippen MR) is 113 cm³/mol. The van der Waals surface area contributed by atoms with Crippen LogP contribution >= 0.6 is 11.8 Å². The van der Waals surface area contributed by atoms with Crippen LogP contribution in [0.1, 0.15) is 30.0 Å². The van der Waals surface area contributed by atoms with Crippen molar-refractivity contribution < 1.29 is 4.79 Å². The number of nitrogens with one attached hydrogen (secondary N) is 1. The van der Waals surface area contributed by atoms with E-state index in [0.717, 1.165) is 45.4 Å². The molecule has 1 heterocycles. The molecule has 4 nitrogen and oxygen atoms in total. The Kier molecular flexibility index (Phi) is 5.58. The number of fused-ring (bicyclic) bond motifs is 1. The predicted octanol–water partition coefficient (Wildman–Crippen LogP) is 4.32. The van der Waals surface area contributed by atoms with Crippen molar-refractivity contribution in [3.8, 4) is 0 Å². The summed E-state index contributed by atoms with van der Waals surface area (Å²) in [5, 5.41) is 3.29. The molecule has 0 spiro atoms. The third-order valence-corrected chi connectivity index (χ3v) is 6.44. The molecule has 2 aromatic rings. The van der Waals surface area contributed by atoms with Gasteiger partial charge < -0.3 is 15.1 Å². The molecule has 1 N–H and O–H groups in total. The maximum Gasteiger partial charge on any atom is 0.318 e. The van der Waals surface area contributed by atoms with E-state index in [0.29, 0.717) is 0 Å². The number of hydrogen-bond acceptors (Lipinski definition) is 3. The van der Waals surface area contributed by atoms with Gasteiger partial charge in [0, 0.05) is 31.1 Å². The van der Waals surface area contributed by atoms with Crippen LogP contribution < -0.4 is 10.2 Å². The zero-order valence-corrected chi connectivity index (χ0v) is 16.7. The molecule has 27 heavy (non-hydrogen) atoms. The van der Waals surface area contributed by atoms with Gasteiger partial charge >= 0.3 is 6.03 Å². The van der Waals surface area contributed by atoms with Crippen LogP contribution in [-0.4, -0.2) is 43.4 Å². The van der Waals surface area contributed by atoms with Crippen molar-refractivity contribution >= 4 is 23.5 Å². The fraction of sp³-hybridized carbons (Fsp3) is 0.409. The van der Waals surface area contributed by atoms with E-state index in [2.05, 4.69) is 65.0 Å². The molecular weight excluding hydrogens is 354 g/mol. The van der Waals surface area contributed by atoms with E-state index in [1.807, 2.05) is 4.90 Å². The second-order valence-electron chi connectivity index (χ2n) is 7.24. The molecule has 2 aliphatic rings. The molecule has 0 bridgehead atoms. The summed E-state index contributed by atoms with van der Waals surface area (Å²) in [5.74, 6) is 0. The fourth-order valence-corrected chi connectivity index (χ4v) is 4.81. The lowest BCUT2D eigenvalue weighted by Crippen LogP contribution is -2.52. The second-order valence-corrected chi connectivity index (χ2v) is 8.09. The minimum Gasteiger partial charge on any atom is -0.367 e. The van der Waals surface area contributed by atoms with Crippen LogP contribution in [0.3, 0.4) is 0 Å². The summed E-state index contributed by atoms with van der Waals surface area (Å²) in [6, 6.07) is 17.3. The number of aryl methyl sites for hydroxylation is 1. The number of anilines is 1. The molecule has 1 atom stereocenters. The molecule has 5 heteroatoms. The summed E-state index contributed by atoms with van der Waals surface area (Å²) in [7, 11) is 0. The Balaban J connectivity index is 1.37. The number of carbonyl (C=O) groups is 1. The largest absolute Gasteiger partial charge is 0.367 e. The van der Waals surface area contributed by atoms with Crippen molar-refractivity contribution in [3.05, 3.63) is 59.7 Å². The summed E-state index contributed by atoms with van der Waals surface area (Å²) >= 11 is 1.78. The highest BCUT2D eigenvalue weighted by Crippen LogP contribution is 2.31. The lowest BCUT2D eigenvalue weighted by atomic mass is 9.88. The third kappa shape index (κ3) is 3.93. The topological polar surface area (TPSA) is 35.6 Å². The van der Waals surface area contributed by atoms with Gasteiger partial charge in [-0.05, 0) is 48.8 Å². The summed E-state index contributed by atoms with van der Waals surface area (Å²) < 4.78 is 0. The van der Waals surface area contributed by atoms with Crippen LogP contribution in [0.25, 0.3) is 0 Å². The monoisotopic (exact) mass is 381 g/mol. The second kappa shape index (κ2) is 8.26. The highest BCUT2D eigenvalue weighted by Gasteiger charge is 2.26. The Hall–Kier alpha value is -2.14. The van der Waals surface area contributed by atoms with Gasteiger partial charge in [0.15, 0.2) is 0 Å². The fourth-order valence-electron chi connectivity index (χ4n) is 4.19. The molecule has 1 fully saturated rings. The van der Waals surface area contributed by atoms with Crippen molar-refractivity contribution in [2.75, 3.05) is 37.3 Å². The van der Waals surface area contributed by atoms with Gasteiger partial charge in [0.25, 0.3) is 0 Å². The summed E-state index contributed by atoms with van der Waals surface area (Å²) in [6.07, 6.45) is 5.41. The molecule has 2 aromatic carbocycles. The van der Waals surface area contributed by atoms with E-state index in [-0.39, 0.29) is 12.1 Å². The first-order chi connectivity index (χ1) is 13.3. The Morgan fingerprint density at radius 2 is 1.78 bits per heavy atom. The van der Waals surface area contributed by atoms with Gasteiger partial charge in [0.05, 0.1) is 11.7 Å². The Morgan fingerprint density at radius 3 is 2.59 bits per heavy atom. The zero-order chi connectivity index (χ0) is 18.6. The smallest absolute Gasteiger partial charge is 0.318 e. The molecule has 4 rings (SSSR count). The van der Waals surface area contributed by atoms with Crippen LogP contribution in [0, 0.1) is 0 Å². The highest BCUT2D eigenvalue weighted by molar-refractivity contribution is 7.98. The Bertz CT molecular complexity index is 802. The third-order valence-electron chi connectivity index (χ3n) is 5.66. The highest BCUT2D eigenvalue weighted by atomic mass is 32.2. The summed E-state index contributed by atoms with van der Waals surface area (Å²) in [4.78, 5) is 18.5. The van der Waals surface area contributed by atoms with Crippen LogP contribution in [0.5, 0.6) is 0 Å². The maximum absolute atomic E-state index is 12.8. The van der Waals surface area contributed by atoms with Crippen molar-refractivity contribution in [2.24, 2.45) is 0 Å². The Labute approximate surface area is 165 Å². The van der Waals surface area contributed by atoms with E-state index >= 15 is 0 Å². The van der Waals surface area contributed by atoms with Crippen LogP contribution in [-0.2, 0) is 6.42 Å². The lowest BCUT2D eigenvalue weighted by Gasteiger charge is -2.38. The van der Waals surface area contributed by atoms with Gasteiger partial charge in [-0.15, -0.1) is 11.8 Å². The first kappa shape index (κ1) is 18.2. The normalized spacial score (nSPS) is 19.5. The average Bonchev–Trinajstić information content (AvgIpc) is 2.74. The number of para-hydroxylation sites is 1. The van der Waals surface area contributed by atoms with Gasteiger partial charge in [-0.2, -0.15) is 0 Å². The SMILES string of the molecule is CSc1ccccc1N1CCN(C(=O)NC2CCCc3ccccc32)CC1. The van der Waals surface area contributed by atoms with Crippen molar-refractivity contribution in [1.29, 1.82) is 0 Å². The van der Waals surface area contributed by atoms with Gasteiger partial charge in [0.1, 0.15) is 0 Å². The summed E-state index contributed by atoms with van der Waals surface area (Å²) in [6.45, 7) is 3.30. The average molecular weight is 382 g/mol. The van der Waals surface area contributed by atoms with Crippen LogP contribution in [0.15, 0.2) is 53.4 Å². The molecule has 0 aromatic heterocycles. The number of amides is 2. The zero-order valence-electron chi connectivity index (χ0n) is 15.9. The standard InChI is InChI=1S/C22H27N3OS/c1-27-21-12-5-4-11-20(21)24-13-15-25(16-14-24)22(26)23-19-10-6-8-17-7-2-3-9-18(17)19/h2-5,7,9,11-12,19H,6,8,10,13-16H2,1H3,(H,23,26). The van der Waals surface area contributed by atoms with Crippen molar-refractivity contribution in [3.63, 3.8) is 0 Å². The molecule has 1 saturated heterocycles. The summed E-state index contributed by atoms with van der Waals surface area (Å²) in [5.41, 5.74) is 3.96. The maximum atomic E-state index is 12.8. The number of urea groups is 1. The number of nitrogens with zero attached hydrogens (tertiary/aromatic N) is 2. The van der Waals surface area contributed by atoms with E-state index in [9.17, 15) is 4.79 Å². The molecule has 1 unspecified atom stereocenters. The molecule has 0 radical (unpaired) electrons. The van der Waals surface area contributed by atoms with Crippen LogP contribution in [0.4, 0.5) is 10.5 Å². The van der Waals surface area contributed by atoms with E-state index in [1.54, 1.807) is 11.8 Å². The van der Waals surface area contributed by atoms with Gasteiger partial charge in [0.2, 0.25) is 0 Å². The van der Waals surface area contributed by atoms with E-state index < -0.39 is 0 Å². The van der Waals surface area contributed by atoms with E-state index in [1.165, 1.54) is 21.7 Å². The lowest BCUT2D eigenvalue weighted by molar-refractivity contribution is 0.189. The molecule has 142 valence electrons. The number of thioether (sulfide) groups is 1. The van der Waals surface area contributed by atoms with Crippen molar-refractivity contribution in [2.45, 2.75) is 30.2 Å².